The highest BCUT2D eigenvalue weighted by Gasteiger charge is 2.39. The van der Waals surface area contributed by atoms with Crippen molar-refractivity contribution in [1.29, 1.82) is 0 Å². The van der Waals surface area contributed by atoms with E-state index in [9.17, 15) is 14.0 Å². The zero-order valence-electron chi connectivity index (χ0n) is 20.6. The summed E-state index contributed by atoms with van der Waals surface area (Å²) in [5.74, 6) is 0.176. The van der Waals surface area contributed by atoms with Gasteiger partial charge in [-0.1, -0.05) is 29.3 Å². The van der Waals surface area contributed by atoms with E-state index in [4.69, 9.17) is 27.9 Å². The van der Waals surface area contributed by atoms with E-state index in [0.717, 1.165) is 5.56 Å². The van der Waals surface area contributed by atoms with Gasteiger partial charge in [0.25, 0.3) is 0 Å². The molecule has 0 radical (unpaired) electrons. The minimum Gasteiger partial charge on any atom is -0.457 e. The fourth-order valence-corrected chi connectivity index (χ4v) is 5.09. The average molecular weight is 568 g/mol. The molecule has 1 fully saturated rings. The number of carbonyl (C=O) groups excluding carboxylic acids is 2. The SMILES string of the molecule is O=C(Nc1ccc(Oc2ccc(F)cc2)cc1)C1CC(Cc2ccc(Cl)cc2Cl)CN1C(=O)Cn1cncn1. The first-order valence-corrected chi connectivity index (χ1v) is 13.0. The molecular formula is C28H24Cl2FN5O3. The lowest BCUT2D eigenvalue weighted by atomic mass is 9.96. The maximum atomic E-state index is 13.4. The standard InChI is InChI=1S/C28H24Cl2FN5O3/c29-20-2-1-19(25(30)13-20)11-18-12-26(36(14-18)27(37)15-35-17-32-16-33-35)28(38)34-22-5-9-24(10-6-22)39-23-7-3-21(31)4-8-23/h1-10,13,16-18,26H,11-12,14-15H2,(H,34,38). The van der Waals surface area contributed by atoms with Crippen molar-refractivity contribution < 1.29 is 18.7 Å². The van der Waals surface area contributed by atoms with Crippen molar-refractivity contribution in [3.8, 4) is 11.5 Å². The molecule has 1 N–H and O–H groups in total. The van der Waals surface area contributed by atoms with Crippen LogP contribution in [0.2, 0.25) is 10.0 Å². The van der Waals surface area contributed by atoms with E-state index < -0.39 is 6.04 Å². The maximum Gasteiger partial charge on any atom is 0.247 e. The highest BCUT2D eigenvalue weighted by Crippen LogP contribution is 2.31. The normalized spacial score (nSPS) is 16.7. The van der Waals surface area contributed by atoms with Crippen molar-refractivity contribution in [1.82, 2.24) is 19.7 Å². The molecule has 2 atom stereocenters. The summed E-state index contributed by atoms with van der Waals surface area (Å²) < 4.78 is 20.3. The van der Waals surface area contributed by atoms with Crippen molar-refractivity contribution >= 4 is 40.7 Å². The lowest BCUT2D eigenvalue weighted by Gasteiger charge is -2.24. The van der Waals surface area contributed by atoms with Crippen molar-refractivity contribution in [2.24, 2.45) is 5.92 Å². The van der Waals surface area contributed by atoms with Crippen LogP contribution in [-0.4, -0.2) is 44.1 Å². The molecule has 5 rings (SSSR count). The highest BCUT2D eigenvalue weighted by atomic mass is 35.5. The molecule has 2 unspecified atom stereocenters. The van der Waals surface area contributed by atoms with Gasteiger partial charge in [-0.05, 0) is 85.0 Å². The number of hydrogen-bond donors (Lipinski definition) is 1. The number of nitrogens with one attached hydrogen (secondary N) is 1. The minimum atomic E-state index is -0.674. The molecule has 1 aliphatic rings. The number of nitrogens with zero attached hydrogens (tertiary/aromatic N) is 4. The second kappa shape index (κ2) is 11.8. The number of hydrogen-bond acceptors (Lipinski definition) is 5. The Morgan fingerprint density at radius 3 is 2.41 bits per heavy atom. The topological polar surface area (TPSA) is 89.4 Å². The lowest BCUT2D eigenvalue weighted by molar-refractivity contribution is -0.137. The number of aromatic nitrogens is 3. The molecule has 2 heterocycles. The van der Waals surface area contributed by atoms with Crippen LogP contribution in [0.1, 0.15) is 12.0 Å². The molecule has 11 heteroatoms. The Hall–Kier alpha value is -3.95. The molecule has 0 saturated carbocycles. The first kappa shape index (κ1) is 26.6. The Morgan fingerprint density at radius 1 is 1.03 bits per heavy atom. The van der Waals surface area contributed by atoms with Crippen LogP contribution in [0, 0.1) is 11.7 Å². The van der Waals surface area contributed by atoms with Crippen LogP contribution in [0.25, 0.3) is 0 Å². The summed E-state index contributed by atoms with van der Waals surface area (Å²) in [4.78, 5) is 32.1. The summed E-state index contributed by atoms with van der Waals surface area (Å²) in [6.45, 7) is 0.378. The maximum absolute atomic E-state index is 13.4. The molecule has 0 aliphatic carbocycles. The van der Waals surface area contributed by atoms with E-state index in [1.807, 2.05) is 6.07 Å². The number of carbonyl (C=O) groups is 2. The van der Waals surface area contributed by atoms with E-state index in [1.54, 1.807) is 41.3 Å². The number of halogens is 3. The zero-order valence-corrected chi connectivity index (χ0v) is 22.1. The molecule has 1 aliphatic heterocycles. The van der Waals surface area contributed by atoms with E-state index in [1.165, 1.54) is 41.6 Å². The van der Waals surface area contributed by atoms with Crippen LogP contribution in [0.3, 0.4) is 0 Å². The van der Waals surface area contributed by atoms with Crippen LogP contribution in [0.15, 0.2) is 79.4 Å². The third-order valence-electron chi connectivity index (χ3n) is 6.47. The Balaban J connectivity index is 1.28. The van der Waals surface area contributed by atoms with Crippen molar-refractivity contribution in [3.63, 3.8) is 0 Å². The summed E-state index contributed by atoms with van der Waals surface area (Å²) in [6, 6.07) is 17.2. The van der Waals surface area contributed by atoms with Gasteiger partial charge in [-0.25, -0.2) is 14.1 Å². The molecule has 1 aromatic heterocycles. The van der Waals surface area contributed by atoms with Gasteiger partial charge in [-0.3, -0.25) is 9.59 Å². The average Bonchev–Trinajstić information content (AvgIpc) is 3.58. The summed E-state index contributed by atoms with van der Waals surface area (Å²) in [5, 5.41) is 8.03. The van der Waals surface area contributed by atoms with Gasteiger partial charge >= 0.3 is 0 Å². The van der Waals surface area contributed by atoms with E-state index >= 15 is 0 Å². The van der Waals surface area contributed by atoms with Gasteiger partial charge in [0.2, 0.25) is 11.8 Å². The second-order valence-electron chi connectivity index (χ2n) is 9.27. The van der Waals surface area contributed by atoms with Crippen molar-refractivity contribution in [3.05, 3.63) is 101 Å². The van der Waals surface area contributed by atoms with Gasteiger partial charge < -0.3 is 15.0 Å². The third-order valence-corrected chi connectivity index (χ3v) is 7.06. The van der Waals surface area contributed by atoms with E-state index in [0.29, 0.717) is 46.6 Å². The molecule has 0 bridgehead atoms. The Morgan fingerprint density at radius 2 is 1.74 bits per heavy atom. The summed E-state index contributed by atoms with van der Waals surface area (Å²) in [5.41, 5.74) is 1.46. The molecule has 4 aromatic rings. The van der Waals surface area contributed by atoms with Crippen LogP contribution in [-0.2, 0) is 22.6 Å². The van der Waals surface area contributed by atoms with Gasteiger partial charge in [0.15, 0.2) is 0 Å². The molecule has 0 spiro atoms. The molecular weight excluding hydrogens is 544 g/mol. The largest absolute Gasteiger partial charge is 0.457 e. The van der Waals surface area contributed by atoms with Crippen LogP contribution in [0.4, 0.5) is 10.1 Å². The fraction of sp³-hybridized carbons (Fsp3) is 0.214. The third kappa shape index (κ3) is 6.74. The quantitative estimate of drug-likeness (QED) is 0.298. The Bertz CT molecular complexity index is 1450. The highest BCUT2D eigenvalue weighted by molar-refractivity contribution is 6.35. The predicted molar refractivity (Wildman–Crippen MR) is 145 cm³/mol. The van der Waals surface area contributed by atoms with Gasteiger partial charge in [0.1, 0.15) is 42.6 Å². The predicted octanol–water partition coefficient (Wildman–Crippen LogP) is 5.61. The Kier molecular flexibility index (Phi) is 8.09. The van der Waals surface area contributed by atoms with Gasteiger partial charge in [-0.15, -0.1) is 0 Å². The number of anilines is 1. The number of benzene rings is 3. The van der Waals surface area contributed by atoms with Crippen LogP contribution in [0.5, 0.6) is 11.5 Å². The molecule has 1 saturated heterocycles. The monoisotopic (exact) mass is 567 g/mol. The summed E-state index contributed by atoms with van der Waals surface area (Å²) in [6.07, 6.45) is 3.89. The lowest BCUT2D eigenvalue weighted by Crippen LogP contribution is -2.44. The first-order valence-electron chi connectivity index (χ1n) is 12.2. The molecule has 39 heavy (non-hydrogen) atoms. The number of rotatable bonds is 8. The number of ether oxygens (including phenoxy) is 1. The van der Waals surface area contributed by atoms with Crippen LogP contribution >= 0.6 is 23.2 Å². The van der Waals surface area contributed by atoms with Gasteiger partial charge in [-0.2, -0.15) is 5.10 Å². The zero-order chi connectivity index (χ0) is 27.4. The number of amides is 2. The van der Waals surface area contributed by atoms with Gasteiger partial charge in [0.05, 0.1) is 0 Å². The summed E-state index contributed by atoms with van der Waals surface area (Å²) >= 11 is 12.4. The molecule has 8 nitrogen and oxygen atoms in total. The van der Waals surface area contributed by atoms with E-state index in [2.05, 4.69) is 15.4 Å². The smallest absolute Gasteiger partial charge is 0.247 e. The number of likely N-dealkylation sites (tertiary alicyclic amines) is 1. The minimum absolute atomic E-state index is 0.0191. The Labute approximate surface area is 234 Å². The molecule has 200 valence electrons. The second-order valence-corrected chi connectivity index (χ2v) is 10.1. The van der Waals surface area contributed by atoms with Crippen molar-refractivity contribution in [2.45, 2.75) is 25.4 Å². The van der Waals surface area contributed by atoms with Crippen molar-refractivity contribution in [2.75, 3.05) is 11.9 Å². The molecule has 2 amide bonds. The fourth-order valence-electron chi connectivity index (χ4n) is 4.61. The molecule has 3 aromatic carbocycles. The first-order chi connectivity index (χ1) is 18.8. The summed E-state index contributed by atoms with van der Waals surface area (Å²) in [7, 11) is 0. The van der Waals surface area contributed by atoms with Crippen LogP contribution < -0.4 is 10.1 Å². The van der Waals surface area contributed by atoms with E-state index in [-0.39, 0.29) is 30.1 Å². The van der Waals surface area contributed by atoms with Gasteiger partial charge in [0, 0.05) is 22.3 Å².